The van der Waals surface area contributed by atoms with E-state index in [-0.39, 0.29) is 0 Å². The van der Waals surface area contributed by atoms with Crippen molar-refractivity contribution in [1.82, 2.24) is 0 Å². The number of ether oxygens (including phenoxy) is 1. The van der Waals surface area contributed by atoms with Crippen LogP contribution in [0.3, 0.4) is 0 Å². The van der Waals surface area contributed by atoms with E-state index in [9.17, 15) is 0 Å². The minimum atomic E-state index is 0.642. The fraction of sp³-hybridized carbons (Fsp3) is 0.556. The van der Waals surface area contributed by atoms with Crippen molar-refractivity contribution in [1.29, 1.82) is 0 Å². The molecule has 0 spiro atoms. The molecule has 0 amide bonds. The molecule has 0 fully saturated rings. The van der Waals surface area contributed by atoms with Crippen molar-refractivity contribution in [2.75, 3.05) is 6.61 Å². The van der Waals surface area contributed by atoms with E-state index in [1.165, 1.54) is 24.0 Å². The van der Waals surface area contributed by atoms with Gasteiger partial charge in [0.25, 0.3) is 0 Å². The van der Waals surface area contributed by atoms with Gasteiger partial charge in [-0.1, -0.05) is 38.5 Å². The van der Waals surface area contributed by atoms with Gasteiger partial charge in [-0.3, -0.25) is 0 Å². The van der Waals surface area contributed by atoms with Gasteiger partial charge in [-0.25, -0.2) is 0 Å². The summed E-state index contributed by atoms with van der Waals surface area (Å²) in [4.78, 5) is 0. The van der Waals surface area contributed by atoms with Gasteiger partial charge in [0.2, 0.25) is 0 Å². The molecule has 0 N–H and O–H groups in total. The van der Waals surface area contributed by atoms with E-state index in [0.29, 0.717) is 5.92 Å². The van der Waals surface area contributed by atoms with Gasteiger partial charge in [0.15, 0.2) is 0 Å². The predicted octanol–water partition coefficient (Wildman–Crippen LogP) is 5.63. The predicted molar refractivity (Wildman–Crippen MR) is 84.0 cm³/mol. The molecule has 1 aromatic rings. The highest BCUT2D eigenvalue weighted by Gasteiger charge is 2.12. The van der Waals surface area contributed by atoms with Crippen LogP contribution >= 0.6 is 0 Å². The minimum Gasteiger partial charge on any atom is -0.494 e. The normalized spacial score (nSPS) is 12.8. The van der Waals surface area contributed by atoms with Crippen LogP contribution in [0.25, 0.3) is 0 Å². The van der Waals surface area contributed by atoms with Crippen LogP contribution in [-0.2, 0) is 0 Å². The topological polar surface area (TPSA) is 9.23 Å². The quantitative estimate of drug-likeness (QED) is 0.550. The van der Waals surface area contributed by atoms with Crippen molar-refractivity contribution in [3.63, 3.8) is 0 Å². The third kappa shape index (κ3) is 5.10. The molecule has 0 saturated carbocycles. The maximum absolute atomic E-state index is 5.57. The van der Waals surface area contributed by atoms with Crippen LogP contribution in [0.2, 0.25) is 0 Å². The van der Waals surface area contributed by atoms with Crippen LogP contribution in [0.5, 0.6) is 5.75 Å². The first-order valence-electron chi connectivity index (χ1n) is 7.61. The first-order valence-corrected chi connectivity index (χ1v) is 7.61. The van der Waals surface area contributed by atoms with Gasteiger partial charge in [0.05, 0.1) is 6.61 Å². The molecule has 1 atom stereocenters. The largest absolute Gasteiger partial charge is 0.494 e. The van der Waals surface area contributed by atoms with E-state index in [1.807, 2.05) is 6.92 Å². The summed E-state index contributed by atoms with van der Waals surface area (Å²) in [5, 5.41) is 0. The summed E-state index contributed by atoms with van der Waals surface area (Å²) in [5.74, 6) is 1.63. The zero-order valence-electron chi connectivity index (χ0n) is 12.9. The molecule has 1 nitrogen and oxygen atoms in total. The van der Waals surface area contributed by atoms with E-state index in [4.69, 9.17) is 4.74 Å². The Kier molecular flexibility index (Phi) is 7.32. The lowest BCUT2D eigenvalue weighted by Gasteiger charge is -2.18. The zero-order chi connectivity index (χ0) is 14.1. The zero-order valence-corrected chi connectivity index (χ0v) is 12.9. The summed E-state index contributed by atoms with van der Waals surface area (Å²) in [7, 11) is 0. The highest BCUT2D eigenvalue weighted by molar-refractivity contribution is 5.37. The molecular weight excluding hydrogens is 232 g/mol. The number of allylic oxidation sites excluding steroid dienone is 2. The van der Waals surface area contributed by atoms with Crippen molar-refractivity contribution in [3.8, 4) is 5.75 Å². The van der Waals surface area contributed by atoms with Crippen LogP contribution in [0, 0.1) is 6.92 Å². The molecule has 0 aliphatic carbocycles. The molecule has 106 valence electrons. The summed E-state index contributed by atoms with van der Waals surface area (Å²) < 4.78 is 5.57. The second-order valence-electron chi connectivity index (χ2n) is 5.05. The van der Waals surface area contributed by atoms with Crippen molar-refractivity contribution in [2.24, 2.45) is 0 Å². The first kappa shape index (κ1) is 15.8. The number of hydrogen-bond acceptors (Lipinski definition) is 1. The lowest BCUT2D eigenvalue weighted by molar-refractivity contribution is 0.340. The lowest BCUT2D eigenvalue weighted by atomic mass is 9.88. The molecule has 0 aromatic heterocycles. The smallest absolute Gasteiger partial charge is 0.119 e. The van der Waals surface area contributed by atoms with Crippen molar-refractivity contribution < 1.29 is 4.74 Å². The maximum atomic E-state index is 5.57. The number of benzene rings is 1. The van der Waals surface area contributed by atoms with Crippen LogP contribution < -0.4 is 4.74 Å². The third-order valence-electron chi connectivity index (χ3n) is 3.45. The van der Waals surface area contributed by atoms with Crippen molar-refractivity contribution >= 4 is 0 Å². The van der Waals surface area contributed by atoms with E-state index in [2.05, 4.69) is 51.1 Å². The van der Waals surface area contributed by atoms with Gasteiger partial charge in [-0.05, 0) is 62.3 Å². The Hall–Kier alpha value is -1.24. The lowest BCUT2D eigenvalue weighted by Crippen LogP contribution is -2.01. The van der Waals surface area contributed by atoms with E-state index in [0.717, 1.165) is 25.2 Å². The van der Waals surface area contributed by atoms with Gasteiger partial charge in [-0.2, -0.15) is 0 Å². The Morgan fingerprint density at radius 1 is 1.16 bits per heavy atom. The molecule has 0 heterocycles. The highest BCUT2D eigenvalue weighted by Crippen LogP contribution is 2.30. The summed E-state index contributed by atoms with van der Waals surface area (Å²) in [6.07, 6.45) is 9.36. The Labute approximate surface area is 118 Å². The third-order valence-corrected chi connectivity index (χ3v) is 3.45. The Morgan fingerprint density at radius 3 is 2.53 bits per heavy atom. The maximum Gasteiger partial charge on any atom is 0.119 e. The summed E-state index contributed by atoms with van der Waals surface area (Å²) in [6, 6.07) is 6.53. The summed E-state index contributed by atoms with van der Waals surface area (Å²) >= 11 is 0. The molecule has 0 aliphatic heterocycles. The molecule has 0 aliphatic rings. The van der Waals surface area contributed by atoms with Crippen LogP contribution in [0.1, 0.15) is 63.5 Å². The molecule has 0 saturated heterocycles. The van der Waals surface area contributed by atoms with Crippen LogP contribution in [0.15, 0.2) is 30.4 Å². The minimum absolute atomic E-state index is 0.642. The van der Waals surface area contributed by atoms with E-state index < -0.39 is 0 Å². The van der Waals surface area contributed by atoms with Crippen LogP contribution in [-0.4, -0.2) is 6.61 Å². The van der Waals surface area contributed by atoms with Crippen molar-refractivity contribution in [2.45, 2.75) is 59.3 Å². The van der Waals surface area contributed by atoms with Gasteiger partial charge in [0, 0.05) is 0 Å². The average Bonchev–Trinajstić information content (AvgIpc) is 2.39. The molecule has 0 radical (unpaired) electrons. The number of rotatable bonds is 8. The second kappa shape index (κ2) is 8.79. The Balaban J connectivity index is 2.85. The van der Waals surface area contributed by atoms with Gasteiger partial charge >= 0.3 is 0 Å². The number of hydrogen-bond donors (Lipinski definition) is 0. The monoisotopic (exact) mass is 260 g/mol. The fourth-order valence-electron chi connectivity index (χ4n) is 2.54. The molecule has 1 rings (SSSR count). The summed E-state index contributed by atoms with van der Waals surface area (Å²) in [6.45, 7) is 9.41. The fourth-order valence-corrected chi connectivity index (χ4v) is 2.54. The van der Waals surface area contributed by atoms with Gasteiger partial charge < -0.3 is 4.74 Å². The van der Waals surface area contributed by atoms with Gasteiger partial charge in [0.1, 0.15) is 5.75 Å². The first-order chi connectivity index (χ1) is 9.22. The number of aryl methyl sites for hydroxylation is 1. The second-order valence-corrected chi connectivity index (χ2v) is 5.05. The SMILES string of the molecule is CC/C=C\CC(CCC)c1ccc(OCC)cc1C. The van der Waals surface area contributed by atoms with Crippen molar-refractivity contribution in [3.05, 3.63) is 41.5 Å². The molecule has 1 heteroatoms. The molecular formula is C18H28O. The van der Waals surface area contributed by atoms with E-state index in [1.54, 1.807) is 0 Å². The molecule has 1 aromatic carbocycles. The van der Waals surface area contributed by atoms with Crippen LogP contribution in [0.4, 0.5) is 0 Å². The Bertz CT molecular complexity index is 393. The van der Waals surface area contributed by atoms with E-state index >= 15 is 0 Å². The summed E-state index contributed by atoms with van der Waals surface area (Å²) in [5.41, 5.74) is 2.83. The average molecular weight is 260 g/mol. The standard InChI is InChI=1S/C18H28O/c1-5-8-9-11-16(10-6-2)18-13-12-17(19-7-3)14-15(18)4/h8-9,12-14,16H,5-7,10-11H2,1-4H3/b9-8-. The Morgan fingerprint density at radius 2 is 1.95 bits per heavy atom. The highest BCUT2D eigenvalue weighted by atomic mass is 16.5. The molecule has 1 unspecified atom stereocenters. The molecule has 19 heavy (non-hydrogen) atoms. The molecule has 0 bridgehead atoms. The van der Waals surface area contributed by atoms with Gasteiger partial charge in [-0.15, -0.1) is 0 Å².